The van der Waals surface area contributed by atoms with Crippen LogP contribution in [0, 0.1) is 5.92 Å². The van der Waals surface area contributed by atoms with E-state index < -0.39 is 11.8 Å². The van der Waals surface area contributed by atoms with Gasteiger partial charge in [-0.05, 0) is 24.1 Å². The molecule has 1 aromatic rings. The molecule has 0 fully saturated rings. The second-order valence-corrected chi connectivity index (χ2v) is 4.59. The van der Waals surface area contributed by atoms with Gasteiger partial charge in [0.2, 0.25) is 0 Å². The number of carbonyl (C=O) groups excluding carboxylic acids is 1. The molecule has 0 saturated heterocycles. The Morgan fingerprint density at radius 2 is 2.05 bits per heavy atom. The van der Waals surface area contributed by atoms with Crippen molar-refractivity contribution in [2.45, 2.75) is 13.8 Å². The predicted molar refractivity (Wildman–Crippen MR) is 75.0 cm³/mol. The summed E-state index contributed by atoms with van der Waals surface area (Å²) in [6, 6.07) is 5.23. The Bertz CT molecular complexity index is 517. The molecule has 0 heterocycles. The topological polar surface area (TPSA) is 72.8 Å². The van der Waals surface area contributed by atoms with Gasteiger partial charge in [-0.15, -0.1) is 0 Å². The number of ketones is 1. The van der Waals surface area contributed by atoms with E-state index in [2.05, 4.69) is 0 Å². The van der Waals surface area contributed by atoms with Crippen LogP contribution in [0.1, 0.15) is 19.4 Å². The normalized spacial score (nSPS) is 10.8. The zero-order valence-electron chi connectivity index (χ0n) is 11.8. The molecule has 1 rings (SSSR count). The van der Waals surface area contributed by atoms with Crippen LogP contribution in [-0.4, -0.2) is 30.6 Å². The van der Waals surface area contributed by atoms with Crippen LogP contribution in [0.4, 0.5) is 0 Å². The quantitative estimate of drug-likeness (QED) is 0.612. The Balaban J connectivity index is 2.99. The predicted octanol–water partition coefficient (Wildman–Crippen LogP) is 2.40. The maximum Gasteiger partial charge on any atom is 0.376 e. The first-order valence-electron chi connectivity index (χ1n) is 6.20. The van der Waals surface area contributed by atoms with Crippen molar-refractivity contribution in [3.8, 4) is 11.5 Å². The van der Waals surface area contributed by atoms with Crippen LogP contribution in [0.25, 0.3) is 6.08 Å². The van der Waals surface area contributed by atoms with Crippen LogP contribution in [0.3, 0.4) is 0 Å². The average Bonchev–Trinajstić information content (AvgIpc) is 2.41. The molecule has 0 saturated carbocycles. The minimum atomic E-state index is -1.49. The molecular formula is C15H18O5. The van der Waals surface area contributed by atoms with Crippen LogP contribution < -0.4 is 9.47 Å². The fraction of sp³-hybridized carbons (Fsp3) is 0.333. The maximum absolute atomic E-state index is 11.1. The third-order valence-corrected chi connectivity index (χ3v) is 2.41. The van der Waals surface area contributed by atoms with Gasteiger partial charge in [0.15, 0.2) is 11.5 Å². The van der Waals surface area contributed by atoms with E-state index in [1.165, 1.54) is 13.2 Å². The Kier molecular flexibility index (Phi) is 5.77. The summed E-state index contributed by atoms with van der Waals surface area (Å²) in [4.78, 5) is 21.5. The van der Waals surface area contributed by atoms with Crippen molar-refractivity contribution < 1.29 is 24.2 Å². The maximum atomic E-state index is 11.1. The Hall–Kier alpha value is -2.30. The molecule has 0 radical (unpaired) electrons. The van der Waals surface area contributed by atoms with Gasteiger partial charge >= 0.3 is 5.97 Å². The highest BCUT2D eigenvalue weighted by molar-refractivity contribution is 6.38. The van der Waals surface area contributed by atoms with E-state index in [-0.39, 0.29) is 0 Å². The summed E-state index contributed by atoms with van der Waals surface area (Å²) in [5.41, 5.74) is 0.586. The van der Waals surface area contributed by atoms with Gasteiger partial charge in [0.05, 0.1) is 13.7 Å². The molecule has 108 valence electrons. The summed E-state index contributed by atoms with van der Waals surface area (Å²) in [7, 11) is 1.49. The smallest absolute Gasteiger partial charge is 0.376 e. The lowest BCUT2D eigenvalue weighted by Crippen LogP contribution is -2.08. The molecule has 0 aliphatic rings. The van der Waals surface area contributed by atoms with E-state index in [1.54, 1.807) is 18.2 Å². The molecule has 0 aromatic heterocycles. The monoisotopic (exact) mass is 278 g/mol. The van der Waals surface area contributed by atoms with E-state index in [9.17, 15) is 9.59 Å². The molecule has 1 aromatic carbocycles. The summed E-state index contributed by atoms with van der Waals surface area (Å²) >= 11 is 0. The Morgan fingerprint density at radius 3 is 2.60 bits per heavy atom. The minimum absolute atomic E-state index is 0.368. The number of methoxy groups -OCH3 is 1. The number of para-hydroxylation sites is 1. The average molecular weight is 278 g/mol. The van der Waals surface area contributed by atoms with Crippen LogP contribution in [-0.2, 0) is 9.59 Å². The Morgan fingerprint density at radius 1 is 1.35 bits per heavy atom. The van der Waals surface area contributed by atoms with E-state index >= 15 is 0 Å². The number of hydrogen-bond acceptors (Lipinski definition) is 4. The largest absolute Gasteiger partial charge is 0.492 e. The van der Waals surface area contributed by atoms with Crippen LogP contribution in [0.15, 0.2) is 24.3 Å². The first-order valence-corrected chi connectivity index (χ1v) is 6.20. The third-order valence-electron chi connectivity index (χ3n) is 2.41. The fourth-order valence-electron chi connectivity index (χ4n) is 1.49. The number of ether oxygens (including phenoxy) is 2. The first-order chi connectivity index (χ1) is 9.45. The van der Waals surface area contributed by atoms with Crippen molar-refractivity contribution in [2.24, 2.45) is 5.92 Å². The standard InChI is InChI=1S/C15H18O5/c1-10(2)9-20-13-6-4-5-11(14(13)19-3)7-8-12(16)15(17)18/h4-8,10H,9H2,1-3H3,(H,17,18)/b8-7+. The molecule has 1 N–H and O–H groups in total. The SMILES string of the molecule is COc1c(/C=C/C(=O)C(=O)O)cccc1OCC(C)C. The second kappa shape index (κ2) is 7.33. The first kappa shape index (κ1) is 15.8. The van der Waals surface area contributed by atoms with Gasteiger partial charge in [-0.2, -0.15) is 0 Å². The van der Waals surface area contributed by atoms with Crippen LogP contribution in [0.5, 0.6) is 11.5 Å². The molecule has 0 bridgehead atoms. The van der Waals surface area contributed by atoms with Crippen molar-refractivity contribution in [1.29, 1.82) is 0 Å². The molecule has 0 unspecified atom stereocenters. The number of hydrogen-bond donors (Lipinski definition) is 1. The number of rotatable bonds is 7. The van der Waals surface area contributed by atoms with Crippen molar-refractivity contribution in [3.05, 3.63) is 29.8 Å². The van der Waals surface area contributed by atoms with Gasteiger partial charge in [0, 0.05) is 5.56 Å². The lowest BCUT2D eigenvalue weighted by atomic mass is 10.1. The highest BCUT2D eigenvalue weighted by atomic mass is 16.5. The van der Waals surface area contributed by atoms with Crippen molar-refractivity contribution in [3.63, 3.8) is 0 Å². The van der Waals surface area contributed by atoms with Crippen LogP contribution in [0.2, 0.25) is 0 Å². The fourth-order valence-corrected chi connectivity index (χ4v) is 1.49. The lowest BCUT2D eigenvalue weighted by Gasteiger charge is -2.14. The highest BCUT2D eigenvalue weighted by Gasteiger charge is 2.11. The number of carbonyl (C=O) groups is 2. The highest BCUT2D eigenvalue weighted by Crippen LogP contribution is 2.32. The van der Waals surface area contributed by atoms with Gasteiger partial charge in [0.1, 0.15) is 0 Å². The molecule has 5 heteroatoms. The summed E-state index contributed by atoms with van der Waals surface area (Å²) in [5.74, 6) is -1.07. The molecule has 0 spiro atoms. The molecule has 0 amide bonds. The molecule has 0 aliphatic carbocycles. The van der Waals surface area contributed by atoms with E-state index in [4.69, 9.17) is 14.6 Å². The van der Waals surface area contributed by atoms with E-state index in [0.29, 0.717) is 29.6 Å². The zero-order valence-corrected chi connectivity index (χ0v) is 11.8. The summed E-state index contributed by atoms with van der Waals surface area (Å²) in [6.45, 7) is 4.60. The molecule has 0 aliphatic heterocycles. The number of carboxylic acid groups (broad SMARTS) is 1. The Labute approximate surface area is 117 Å². The van der Waals surface area contributed by atoms with Crippen molar-refractivity contribution in [2.75, 3.05) is 13.7 Å². The number of benzene rings is 1. The number of carboxylic acids is 1. The third kappa shape index (κ3) is 4.42. The summed E-state index contributed by atoms with van der Waals surface area (Å²) < 4.78 is 10.9. The molecule has 5 nitrogen and oxygen atoms in total. The van der Waals surface area contributed by atoms with Gasteiger partial charge in [0.25, 0.3) is 5.78 Å². The van der Waals surface area contributed by atoms with Gasteiger partial charge < -0.3 is 14.6 Å². The van der Waals surface area contributed by atoms with E-state index in [1.807, 2.05) is 13.8 Å². The lowest BCUT2D eigenvalue weighted by molar-refractivity contribution is -0.146. The summed E-state index contributed by atoms with van der Waals surface area (Å²) in [6.07, 6.45) is 2.39. The minimum Gasteiger partial charge on any atom is -0.492 e. The second-order valence-electron chi connectivity index (χ2n) is 4.59. The van der Waals surface area contributed by atoms with Gasteiger partial charge in [-0.25, -0.2) is 4.79 Å². The summed E-state index contributed by atoms with van der Waals surface area (Å²) in [5, 5.41) is 8.53. The van der Waals surface area contributed by atoms with Gasteiger partial charge in [-0.1, -0.05) is 26.0 Å². The van der Waals surface area contributed by atoms with Gasteiger partial charge in [-0.3, -0.25) is 4.79 Å². The molecule has 20 heavy (non-hydrogen) atoms. The van der Waals surface area contributed by atoms with Crippen LogP contribution >= 0.6 is 0 Å². The number of aliphatic carboxylic acids is 1. The zero-order chi connectivity index (χ0) is 15.1. The van der Waals surface area contributed by atoms with Crippen molar-refractivity contribution >= 4 is 17.8 Å². The van der Waals surface area contributed by atoms with Crippen molar-refractivity contribution in [1.82, 2.24) is 0 Å². The van der Waals surface area contributed by atoms with E-state index in [0.717, 1.165) is 6.08 Å². The molecule has 0 atom stereocenters. The molecular weight excluding hydrogens is 260 g/mol.